The number of pyridine rings is 1. The van der Waals surface area contributed by atoms with Crippen molar-refractivity contribution in [1.29, 1.82) is 5.26 Å². The average molecular weight is 246 g/mol. The highest BCUT2D eigenvalue weighted by Crippen LogP contribution is 2.16. The van der Waals surface area contributed by atoms with Gasteiger partial charge in [-0.1, -0.05) is 0 Å². The van der Waals surface area contributed by atoms with Crippen LogP contribution in [0, 0.1) is 11.3 Å². The van der Waals surface area contributed by atoms with Gasteiger partial charge >= 0.3 is 0 Å². The highest BCUT2D eigenvalue weighted by atomic mass is 16.2. The molecule has 5 heteroatoms. The van der Waals surface area contributed by atoms with E-state index in [9.17, 15) is 4.79 Å². The van der Waals surface area contributed by atoms with Crippen LogP contribution in [0.15, 0.2) is 18.5 Å². The van der Waals surface area contributed by atoms with Crippen LogP contribution < -0.4 is 5.32 Å². The van der Waals surface area contributed by atoms with Gasteiger partial charge in [0, 0.05) is 25.8 Å². The highest BCUT2D eigenvalue weighted by molar-refractivity contribution is 5.99. The second-order valence-electron chi connectivity index (χ2n) is 4.08. The van der Waals surface area contributed by atoms with Gasteiger partial charge in [0.15, 0.2) is 0 Å². The molecule has 0 radical (unpaired) electrons. The third-order valence-electron chi connectivity index (χ3n) is 2.79. The molecule has 0 aliphatic carbocycles. The maximum absolute atomic E-state index is 12.3. The predicted octanol–water partition coefficient (Wildman–Crippen LogP) is 1.89. The molecular formula is C13H18N4O. The molecule has 0 saturated carbocycles. The fourth-order valence-electron chi connectivity index (χ4n) is 1.57. The van der Waals surface area contributed by atoms with Gasteiger partial charge in [-0.2, -0.15) is 5.26 Å². The van der Waals surface area contributed by atoms with Crippen LogP contribution in [0.25, 0.3) is 0 Å². The Balaban J connectivity index is 2.93. The minimum absolute atomic E-state index is 0.101. The first-order valence-electron chi connectivity index (χ1n) is 5.93. The molecule has 0 saturated heterocycles. The summed E-state index contributed by atoms with van der Waals surface area (Å²) in [4.78, 5) is 17.9. The van der Waals surface area contributed by atoms with Crippen LogP contribution in [0.2, 0.25) is 0 Å². The van der Waals surface area contributed by atoms with Crippen molar-refractivity contribution in [3.63, 3.8) is 0 Å². The van der Waals surface area contributed by atoms with Crippen molar-refractivity contribution in [2.45, 2.75) is 26.3 Å². The molecule has 0 bridgehead atoms. The SMILES string of the molecule is CCNc1cnccc1C(=O)N(C)C(C)CC#N. The summed E-state index contributed by atoms with van der Waals surface area (Å²) in [7, 11) is 1.71. The van der Waals surface area contributed by atoms with Crippen LogP contribution in [-0.2, 0) is 0 Å². The number of hydrogen-bond donors (Lipinski definition) is 1. The third-order valence-corrected chi connectivity index (χ3v) is 2.79. The lowest BCUT2D eigenvalue weighted by molar-refractivity contribution is 0.0747. The zero-order valence-corrected chi connectivity index (χ0v) is 11.0. The predicted molar refractivity (Wildman–Crippen MR) is 70.2 cm³/mol. The van der Waals surface area contributed by atoms with Gasteiger partial charge in [0.1, 0.15) is 0 Å². The second kappa shape index (κ2) is 6.60. The summed E-state index contributed by atoms with van der Waals surface area (Å²) < 4.78 is 0. The Morgan fingerprint density at radius 2 is 2.39 bits per heavy atom. The van der Waals surface area contributed by atoms with Crippen LogP contribution >= 0.6 is 0 Å². The summed E-state index contributed by atoms with van der Waals surface area (Å²) in [6.07, 6.45) is 3.56. The maximum Gasteiger partial charge on any atom is 0.256 e. The second-order valence-corrected chi connectivity index (χ2v) is 4.08. The maximum atomic E-state index is 12.3. The molecular weight excluding hydrogens is 228 g/mol. The normalized spacial score (nSPS) is 11.4. The molecule has 96 valence electrons. The van der Waals surface area contributed by atoms with Gasteiger partial charge in [-0.15, -0.1) is 0 Å². The van der Waals surface area contributed by atoms with Crippen molar-refractivity contribution in [2.75, 3.05) is 18.9 Å². The number of nitrogens with one attached hydrogen (secondary N) is 1. The quantitative estimate of drug-likeness (QED) is 0.861. The standard InChI is InChI=1S/C13H18N4O/c1-4-16-12-9-15-8-6-11(12)13(18)17(3)10(2)5-7-14/h6,8-10,16H,4-5H2,1-3H3. The molecule has 5 nitrogen and oxygen atoms in total. The van der Waals surface area contributed by atoms with Gasteiger partial charge in [-0.3, -0.25) is 9.78 Å². The van der Waals surface area contributed by atoms with Crippen LogP contribution in [0.5, 0.6) is 0 Å². The van der Waals surface area contributed by atoms with Crippen molar-refractivity contribution >= 4 is 11.6 Å². The molecule has 1 rings (SSSR count). The lowest BCUT2D eigenvalue weighted by Crippen LogP contribution is -2.35. The zero-order chi connectivity index (χ0) is 13.5. The van der Waals surface area contributed by atoms with E-state index < -0.39 is 0 Å². The fraction of sp³-hybridized carbons (Fsp3) is 0.462. The average Bonchev–Trinajstić information content (AvgIpc) is 2.38. The Morgan fingerprint density at radius 3 is 3.00 bits per heavy atom. The first-order valence-corrected chi connectivity index (χ1v) is 5.93. The number of carbonyl (C=O) groups excluding carboxylic acids is 1. The molecule has 0 aliphatic heterocycles. The summed E-state index contributed by atoms with van der Waals surface area (Å²) in [6.45, 7) is 4.54. The molecule has 1 heterocycles. The van der Waals surface area contributed by atoms with E-state index in [1.807, 2.05) is 13.8 Å². The number of amides is 1. The summed E-state index contributed by atoms with van der Waals surface area (Å²) in [5, 5.41) is 11.8. The Morgan fingerprint density at radius 1 is 1.67 bits per heavy atom. The lowest BCUT2D eigenvalue weighted by Gasteiger charge is -2.24. The van der Waals surface area contributed by atoms with Crippen molar-refractivity contribution in [3.05, 3.63) is 24.0 Å². The molecule has 0 spiro atoms. The molecule has 0 aliphatic rings. The van der Waals surface area contributed by atoms with E-state index in [-0.39, 0.29) is 11.9 Å². The summed E-state index contributed by atoms with van der Waals surface area (Å²) in [5.41, 5.74) is 1.31. The van der Waals surface area contributed by atoms with Gasteiger partial charge < -0.3 is 10.2 Å². The lowest BCUT2D eigenvalue weighted by atomic mass is 10.1. The van der Waals surface area contributed by atoms with E-state index in [2.05, 4.69) is 16.4 Å². The molecule has 1 atom stereocenters. The number of aromatic nitrogens is 1. The first kappa shape index (κ1) is 14.0. The summed E-state index contributed by atoms with van der Waals surface area (Å²) in [6, 6.07) is 3.66. The molecule has 1 amide bonds. The minimum atomic E-state index is -0.106. The van der Waals surface area contributed by atoms with Crippen LogP contribution in [0.4, 0.5) is 5.69 Å². The number of anilines is 1. The molecule has 0 fully saturated rings. The largest absolute Gasteiger partial charge is 0.383 e. The van der Waals surface area contributed by atoms with Gasteiger partial charge in [0.25, 0.3) is 5.91 Å². The monoisotopic (exact) mass is 246 g/mol. The van der Waals surface area contributed by atoms with E-state index in [1.165, 1.54) is 0 Å². The van der Waals surface area contributed by atoms with E-state index in [1.54, 1.807) is 30.4 Å². The van der Waals surface area contributed by atoms with Crippen LogP contribution in [0.3, 0.4) is 0 Å². The van der Waals surface area contributed by atoms with Gasteiger partial charge in [-0.05, 0) is 19.9 Å². The first-order chi connectivity index (χ1) is 8.61. The topological polar surface area (TPSA) is 69.0 Å². The number of nitrogens with zero attached hydrogens (tertiary/aromatic N) is 3. The van der Waals surface area contributed by atoms with E-state index >= 15 is 0 Å². The van der Waals surface area contributed by atoms with Crippen molar-refractivity contribution in [3.8, 4) is 6.07 Å². The van der Waals surface area contributed by atoms with Crippen molar-refractivity contribution in [2.24, 2.45) is 0 Å². The summed E-state index contributed by atoms with van der Waals surface area (Å²) in [5.74, 6) is -0.101. The van der Waals surface area contributed by atoms with E-state index in [4.69, 9.17) is 5.26 Å². The van der Waals surface area contributed by atoms with E-state index in [0.717, 1.165) is 12.2 Å². The third kappa shape index (κ3) is 3.20. The number of hydrogen-bond acceptors (Lipinski definition) is 4. The number of nitriles is 1. The minimum Gasteiger partial charge on any atom is -0.383 e. The number of rotatable bonds is 5. The van der Waals surface area contributed by atoms with Gasteiger partial charge in [0.2, 0.25) is 0 Å². The van der Waals surface area contributed by atoms with E-state index in [0.29, 0.717) is 12.0 Å². The molecule has 1 N–H and O–H groups in total. The van der Waals surface area contributed by atoms with Gasteiger partial charge in [0.05, 0.1) is 29.9 Å². The summed E-state index contributed by atoms with van der Waals surface area (Å²) >= 11 is 0. The number of carbonyl (C=O) groups is 1. The highest BCUT2D eigenvalue weighted by Gasteiger charge is 2.19. The smallest absolute Gasteiger partial charge is 0.256 e. The molecule has 18 heavy (non-hydrogen) atoms. The zero-order valence-electron chi connectivity index (χ0n) is 11.0. The van der Waals surface area contributed by atoms with Crippen molar-refractivity contribution in [1.82, 2.24) is 9.88 Å². The Bertz CT molecular complexity index is 453. The Labute approximate surface area is 107 Å². The molecule has 0 aromatic carbocycles. The van der Waals surface area contributed by atoms with Crippen LogP contribution in [0.1, 0.15) is 30.6 Å². The molecule has 1 aromatic heterocycles. The fourth-order valence-corrected chi connectivity index (χ4v) is 1.57. The molecule has 1 unspecified atom stereocenters. The molecule has 1 aromatic rings. The van der Waals surface area contributed by atoms with Crippen LogP contribution in [-0.4, -0.2) is 35.4 Å². The Hall–Kier alpha value is -2.09. The van der Waals surface area contributed by atoms with Gasteiger partial charge in [-0.25, -0.2) is 0 Å². The van der Waals surface area contributed by atoms with Crippen molar-refractivity contribution < 1.29 is 4.79 Å². The Kier molecular flexibility index (Phi) is 5.12.